The van der Waals surface area contributed by atoms with Gasteiger partial charge in [-0.2, -0.15) is 0 Å². The minimum Gasteiger partial charge on any atom is -0.442 e. The number of hydrazine groups is 1. The van der Waals surface area contributed by atoms with Gasteiger partial charge in [-0.05, 0) is 25.7 Å². The zero-order valence-corrected chi connectivity index (χ0v) is 11.7. The molecule has 1 aliphatic carbocycles. The zero-order valence-electron chi connectivity index (χ0n) is 11.7. The number of nitrogens with two attached hydrogens (primary N) is 1. The predicted molar refractivity (Wildman–Crippen MR) is 76.4 cm³/mol. The smallest absolute Gasteiger partial charge is 0.421 e. The zero-order chi connectivity index (χ0) is 15.3. The lowest BCUT2D eigenvalue weighted by molar-refractivity contribution is -0.385. The van der Waals surface area contributed by atoms with Crippen LogP contribution in [0.5, 0.6) is 0 Å². The fourth-order valence-corrected chi connectivity index (χ4v) is 2.92. The van der Waals surface area contributed by atoms with E-state index < -0.39 is 16.6 Å². The number of ether oxygens (including phenoxy) is 1. The molecule has 0 atom stereocenters. The maximum absolute atomic E-state index is 11.5. The molecule has 0 aromatic heterocycles. The highest BCUT2D eigenvalue weighted by Gasteiger charge is 2.37. The topological polar surface area (TPSA) is 107 Å². The first-order valence-electron chi connectivity index (χ1n) is 6.98. The van der Waals surface area contributed by atoms with Crippen molar-refractivity contribution in [3.05, 3.63) is 39.9 Å². The van der Waals surface area contributed by atoms with Gasteiger partial charge in [-0.15, -0.1) is 0 Å². The standard InChI is InChI=1S/C14H19N3O4/c15-16-13(18)21-14(8-4-1-5-9-14)10-11-6-2-3-7-12(11)17(19)20/h2-3,6-7H,1,4-5,8-10,15H2,(H,16,18). The summed E-state index contributed by atoms with van der Waals surface area (Å²) in [5, 5.41) is 11.1. The van der Waals surface area contributed by atoms with E-state index in [4.69, 9.17) is 10.6 Å². The Bertz CT molecular complexity index is 527. The number of amides is 1. The molecule has 1 aromatic rings. The second kappa shape index (κ2) is 6.53. The first-order chi connectivity index (χ1) is 10.1. The fourth-order valence-electron chi connectivity index (χ4n) is 2.92. The van der Waals surface area contributed by atoms with Crippen LogP contribution in [0.2, 0.25) is 0 Å². The Morgan fingerprint density at radius 1 is 1.33 bits per heavy atom. The number of nitrogens with zero attached hydrogens (tertiary/aromatic N) is 1. The van der Waals surface area contributed by atoms with Crippen LogP contribution >= 0.6 is 0 Å². The van der Waals surface area contributed by atoms with E-state index in [1.807, 2.05) is 5.43 Å². The van der Waals surface area contributed by atoms with Gasteiger partial charge in [-0.25, -0.2) is 10.6 Å². The molecular formula is C14H19N3O4. The van der Waals surface area contributed by atoms with E-state index in [1.54, 1.807) is 18.2 Å². The molecule has 1 aliphatic rings. The first-order valence-corrected chi connectivity index (χ1v) is 6.98. The van der Waals surface area contributed by atoms with Crippen molar-refractivity contribution in [2.75, 3.05) is 0 Å². The summed E-state index contributed by atoms with van der Waals surface area (Å²) in [5.74, 6) is 5.09. The van der Waals surface area contributed by atoms with Crippen LogP contribution in [0.3, 0.4) is 0 Å². The Hall–Kier alpha value is -2.15. The first kappa shape index (κ1) is 15.2. The molecule has 0 spiro atoms. The van der Waals surface area contributed by atoms with Crippen LogP contribution in [0.4, 0.5) is 10.5 Å². The third kappa shape index (κ3) is 3.69. The summed E-state index contributed by atoms with van der Waals surface area (Å²) in [7, 11) is 0. The number of rotatable bonds is 4. The molecule has 3 N–H and O–H groups in total. The predicted octanol–water partition coefficient (Wildman–Crippen LogP) is 2.44. The second-order valence-electron chi connectivity index (χ2n) is 5.34. The van der Waals surface area contributed by atoms with E-state index in [-0.39, 0.29) is 5.69 Å². The van der Waals surface area contributed by atoms with Crippen molar-refractivity contribution in [1.29, 1.82) is 0 Å². The molecule has 0 aliphatic heterocycles. The molecule has 0 heterocycles. The Morgan fingerprint density at radius 3 is 2.62 bits per heavy atom. The number of hydrogen-bond acceptors (Lipinski definition) is 5. The van der Waals surface area contributed by atoms with Crippen molar-refractivity contribution < 1.29 is 14.5 Å². The van der Waals surface area contributed by atoms with Crippen LogP contribution in [-0.2, 0) is 11.2 Å². The summed E-state index contributed by atoms with van der Waals surface area (Å²) in [5.41, 5.74) is 1.88. The SMILES string of the molecule is NNC(=O)OC1(Cc2ccccc2[N+](=O)[O-])CCCCC1. The van der Waals surface area contributed by atoms with Gasteiger partial charge in [0.2, 0.25) is 0 Å². The maximum Gasteiger partial charge on any atom is 0.421 e. The van der Waals surface area contributed by atoms with E-state index >= 15 is 0 Å². The lowest BCUT2D eigenvalue weighted by Gasteiger charge is -2.36. The molecular weight excluding hydrogens is 274 g/mol. The summed E-state index contributed by atoms with van der Waals surface area (Å²) in [6, 6.07) is 6.55. The van der Waals surface area contributed by atoms with Crippen molar-refractivity contribution in [2.45, 2.75) is 44.1 Å². The normalized spacial score (nSPS) is 17.0. The monoisotopic (exact) mass is 293 g/mol. The van der Waals surface area contributed by atoms with Gasteiger partial charge in [0.15, 0.2) is 0 Å². The fraction of sp³-hybridized carbons (Fsp3) is 0.500. The van der Waals surface area contributed by atoms with Crippen LogP contribution in [-0.4, -0.2) is 16.6 Å². The number of nitrogens with one attached hydrogen (secondary N) is 1. The Kier molecular flexibility index (Phi) is 4.74. The van der Waals surface area contributed by atoms with E-state index in [9.17, 15) is 14.9 Å². The number of hydrogen-bond donors (Lipinski definition) is 2. The van der Waals surface area contributed by atoms with Crippen LogP contribution in [0.25, 0.3) is 0 Å². The van der Waals surface area contributed by atoms with Crippen LogP contribution < -0.4 is 11.3 Å². The Labute approximate surface area is 122 Å². The van der Waals surface area contributed by atoms with Crippen molar-refractivity contribution in [3.63, 3.8) is 0 Å². The molecule has 0 unspecified atom stereocenters. The molecule has 7 nitrogen and oxygen atoms in total. The highest BCUT2D eigenvalue weighted by atomic mass is 16.6. The number of benzene rings is 1. The number of para-hydroxylation sites is 1. The number of carbonyl (C=O) groups excluding carboxylic acids is 1. The Balaban J connectivity index is 2.26. The molecule has 1 amide bonds. The van der Waals surface area contributed by atoms with Gasteiger partial charge in [0.1, 0.15) is 5.60 Å². The molecule has 21 heavy (non-hydrogen) atoms. The van der Waals surface area contributed by atoms with Gasteiger partial charge in [-0.3, -0.25) is 15.5 Å². The van der Waals surface area contributed by atoms with Gasteiger partial charge in [0.05, 0.1) is 4.92 Å². The van der Waals surface area contributed by atoms with Crippen molar-refractivity contribution in [2.24, 2.45) is 5.84 Å². The molecule has 7 heteroatoms. The summed E-state index contributed by atoms with van der Waals surface area (Å²) in [6.45, 7) is 0. The summed E-state index contributed by atoms with van der Waals surface area (Å²) < 4.78 is 5.47. The van der Waals surface area contributed by atoms with E-state index in [0.717, 1.165) is 19.3 Å². The molecule has 0 bridgehead atoms. The van der Waals surface area contributed by atoms with E-state index in [0.29, 0.717) is 24.8 Å². The molecule has 1 saturated carbocycles. The molecule has 114 valence electrons. The molecule has 0 radical (unpaired) electrons. The van der Waals surface area contributed by atoms with Gasteiger partial charge in [0, 0.05) is 18.1 Å². The summed E-state index contributed by atoms with van der Waals surface area (Å²) in [6.07, 6.45) is 3.94. The van der Waals surface area contributed by atoms with Gasteiger partial charge in [-0.1, -0.05) is 24.6 Å². The van der Waals surface area contributed by atoms with Crippen LogP contribution in [0.1, 0.15) is 37.7 Å². The third-order valence-corrected chi connectivity index (χ3v) is 3.89. The average Bonchev–Trinajstić information content (AvgIpc) is 2.48. The average molecular weight is 293 g/mol. The van der Waals surface area contributed by atoms with Crippen molar-refractivity contribution in [1.82, 2.24) is 5.43 Å². The van der Waals surface area contributed by atoms with Crippen molar-refractivity contribution in [3.8, 4) is 0 Å². The second-order valence-corrected chi connectivity index (χ2v) is 5.34. The minimum atomic E-state index is -0.714. The van der Waals surface area contributed by atoms with Gasteiger partial charge in [0.25, 0.3) is 5.69 Å². The van der Waals surface area contributed by atoms with Crippen LogP contribution in [0, 0.1) is 10.1 Å². The molecule has 1 aromatic carbocycles. The highest BCUT2D eigenvalue weighted by molar-refractivity contribution is 5.67. The quantitative estimate of drug-likeness (QED) is 0.383. The Morgan fingerprint density at radius 2 is 2.00 bits per heavy atom. The molecule has 0 saturated heterocycles. The van der Waals surface area contributed by atoms with Gasteiger partial charge >= 0.3 is 6.09 Å². The lowest BCUT2D eigenvalue weighted by Crippen LogP contribution is -2.44. The van der Waals surface area contributed by atoms with Crippen molar-refractivity contribution >= 4 is 11.8 Å². The number of carbonyl (C=O) groups is 1. The highest BCUT2D eigenvalue weighted by Crippen LogP contribution is 2.36. The minimum absolute atomic E-state index is 0.0548. The van der Waals surface area contributed by atoms with Crippen LogP contribution in [0.15, 0.2) is 24.3 Å². The number of nitro benzene ring substituents is 1. The van der Waals surface area contributed by atoms with E-state index in [1.165, 1.54) is 6.07 Å². The number of nitro groups is 1. The summed E-state index contributed by atoms with van der Waals surface area (Å²) in [4.78, 5) is 22.2. The lowest BCUT2D eigenvalue weighted by atomic mass is 9.80. The third-order valence-electron chi connectivity index (χ3n) is 3.89. The maximum atomic E-state index is 11.5. The van der Waals surface area contributed by atoms with Gasteiger partial charge < -0.3 is 4.74 Å². The van der Waals surface area contributed by atoms with E-state index in [2.05, 4.69) is 0 Å². The summed E-state index contributed by atoms with van der Waals surface area (Å²) >= 11 is 0. The largest absolute Gasteiger partial charge is 0.442 e. The molecule has 1 fully saturated rings. The molecule has 2 rings (SSSR count).